The van der Waals surface area contributed by atoms with Crippen LogP contribution in [0.25, 0.3) is 0 Å². The first-order valence-electron chi connectivity index (χ1n) is 26.5. The van der Waals surface area contributed by atoms with Crippen molar-refractivity contribution in [1.29, 1.82) is 0 Å². The molecule has 8 rings (SSSR count). The smallest absolute Gasteiger partial charge is 0.303 e. The van der Waals surface area contributed by atoms with Crippen molar-refractivity contribution in [2.24, 2.45) is 92.7 Å². The van der Waals surface area contributed by atoms with E-state index in [9.17, 15) is 34.8 Å². The summed E-state index contributed by atoms with van der Waals surface area (Å²) in [6.45, 7) is 19.5. The van der Waals surface area contributed by atoms with Gasteiger partial charge in [0.15, 0.2) is 0 Å². The Hall–Kier alpha value is -1.55. The fourth-order valence-electron chi connectivity index (χ4n) is 19.1. The number of aliphatic hydroxyl groups excluding tert-OH is 2. The van der Waals surface area contributed by atoms with E-state index in [0.29, 0.717) is 84.0 Å². The molecular formula is C54H90N2O7. The first-order chi connectivity index (χ1) is 29.7. The Morgan fingerprint density at radius 2 is 1.16 bits per heavy atom. The maximum absolute atomic E-state index is 14.3. The van der Waals surface area contributed by atoms with Crippen LogP contribution in [0.15, 0.2) is 0 Å². The summed E-state index contributed by atoms with van der Waals surface area (Å²) in [5.74, 6) is 4.17. The quantitative estimate of drug-likeness (QED) is 0.0943. The van der Waals surface area contributed by atoms with Gasteiger partial charge < -0.3 is 31.1 Å². The maximum Gasteiger partial charge on any atom is 0.303 e. The van der Waals surface area contributed by atoms with Crippen LogP contribution in [0.2, 0.25) is 0 Å². The van der Waals surface area contributed by atoms with Crippen molar-refractivity contribution in [1.82, 2.24) is 10.6 Å². The van der Waals surface area contributed by atoms with E-state index >= 15 is 0 Å². The van der Waals surface area contributed by atoms with Gasteiger partial charge in [0.05, 0.1) is 12.2 Å². The van der Waals surface area contributed by atoms with Gasteiger partial charge in [-0.3, -0.25) is 14.4 Å². The van der Waals surface area contributed by atoms with E-state index in [1.165, 1.54) is 32.1 Å². The van der Waals surface area contributed by atoms with Crippen molar-refractivity contribution in [2.45, 2.75) is 227 Å². The molecule has 0 aromatic carbocycles. The zero-order valence-corrected chi connectivity index (χ0v) is 40.8. The van der Waals surface area contributed by atoms with Crippen molar-refractivity contribution in [2.75, 3.05) is 0 Å². The van der Waals surface area contributed by atoms with E-state index in [1.54, 1.807) is 0 Å². The fraction of sp³-hybridized carbons (Fsp3) is 0.944. The van der Waals surface area contributed by atoms with Crippen LogP contribution < -0.4 is 10.6 Å². The summed E-state index contributed by atoms with van der Waals surface area (Å²) in [5.41, 5.74) is 0.467. The lowest BCUT2D eigenvalue weighted by Gasteiger charge is -2.63. The molecule has 0 spiro atoms. The van der Waals surface area contributed by atoms with Crippen LogP contribution in [0.1, 0.15) is 190 Å². The summed E-state index contributed by atoms with van der Waals surface area (Å²) in [6, 6.07) is 1.25. The predicted octanol–water partition coefficient (Wildman–Crippen LogP) is 9.90. The molecule has 9 nitrogen and oxygen atoms in total. The molecule has 8 fully saturated rings. The third-order valence-electron chi connectivity index (χ3n) is 22.4. The first kappa shape index (κ1) is 47.9. The standard InChI is InChI=1S/C54H90N2O7/c1-30(9-17-48(60)61)38-13-15-40-37-28-45(43-27-36(58)20-23-53(43,7)41(37)21-24-52(38,40)6)55-32(3)11-12-33(4)56-47-29-44-50(46(59)26-34-25-35(57)19-22-51(34,44)5)42-16-14-39(54(42,47)8)31(2)10-18-49(62)63/h30-45,47,50,55-58H,9-29H2,1-8H3,(H,60,61)(H,62,63)/t30-,31-,32?,33?,34+,35-,36-,37+,38-,39-,40+,41+,42+,43+,44+,45?,47?,50+,51+,52-,53-,54-/m1/s1. The van der Waals surface area contributed by atoms with Gasteiger partial charge in [-0.25, -0.2) is 0 Å². The highest BCUT2D eigenvalue weighted by Crippen LogP contribution is 2.70. The maximum atomic E-state index is 14.3. The molecule has 358 valence electrons. The third kappa shape index (κ3) is 8.55. The van der Waals surface area contributed by atoms with Gasteiger partial charge in [0.1, 0.15) is 5.78 Å². The Morgan fingerprint density at radius 3 is 1.83 bits per heavy atom. The highest BCUT2D eigenvalue weighted by atomic mass is 16.4. The number of carboxylic acids is 2. The Labute approximate surface area is 381 Å². The Bertz CT molecular complexity index is 1670. The molecule has 0 aromatic rings. The zero-order chi connectivity index (χ0) is 45.4. The number of carboxylic acid groups (broad SMARTS) is 2. The molecule has 63 heavy (non-hydrogen) atoms. The summed E-state index contributed by atoms with van der Waals surface area (Å²) in [7, 11) is 0. The molecule has 0 radical (unpaired) electrons. The lowest BCUT2D eigenvalue weighted by atomic mass is 9.43. The monoisotopic (exact) mass is 879 g/mol. The average Bonchev–Trinajstić information content (AvgIpc) is 3.77. The predicted molar refractivity (Wildman–Crippen MR) is 248 cm³/mol. The van der Waals surface area contributed by atoms with Crippen LogP contribution in [0.5, 0.6) is 0 Å². The number of Topliss-reactive ketones (excluding diaryl/α,β-unsaturated/α-hetero) is 1. The number of carbonyl (C=O) groups excluding carboxylic acids is 1. The number of aliphatic hydroxyl groups is 2. The number of rotatable bonds is 15. The van der Waals surface area contributed by atoms with Gasteiger partial charge in [-0.2, -0.15) is 0 Å². The third-order valence-corrected chi connectivity index (χ3v) is 22.4. The molecule has 0 bridgehead atoms. The number of ketones is 1. The normalized spacial score (nSPS) is 48.6. The molecule has 0 heterocycles. The highest BCUT2D eigenvalue weighted by Gasteiger charge is 2.67. The van der Waals surface area contributed by atoms with Crippen molar-refractivity contribution in [3.05, 3.63) is 0 Å². The van der Waals surface area contributed by atoms with Gasteiger partial charge in [0.25, 0.3) is 0 Å². The zero-order valence-electron chi connectivity index (χ0n) is 40.8. The largest absolute Gasteiger partial charge is 0.481 e. The number of aliphatic carboxylic acids is 2. The Morgan fingerprint density at radius 1 is 0.603 bits per heavy atom. The fourth-order valence-corrected chi connectivity index (χ4v) is 19.1. The van der Waals surface area contributed by atoms with Gasteiger partial charge in [-0.1, -0.05) is 41.5 Å². The number of hydrogen-bond donors (Lipinski definition) is 6. The Balaban J connectivity index is 0.973. The summed E-state index contributed by atoms with van der Waals surface area (Å²) in [4.78, 5) is 37.6. The molecule has 9 heteroatoms. The minimum Gasteiger partial charge on any atom is -0.481 e. The highest BCUT2D eigenvalue weighted by molar-refractivity contribution is 5.83. The summed E-state index contributed by atoms with van der Waals surface area (Å²) in [6.07, 6.45) is 18.9. The number of hydrogen-bond acceptors (Lipinski definition) is 7. The molecule has 0 amide bonds. The van der Waals surface area contributed by atoms with Crippen LogP contribution in [0.3, 0.4) is 0 Å². The van der Waals surface area contributed by atoms with Crippen molar-refractivity contribution < 1.29 is 34.8 Å². The molecule has 8 aliphatic rings. The van der Waals surface area contributed by atoms with Crippen LogP contribution in [0.4, 0.5) is 0 Å². The summed E-state index contributed by atoms with van der Waals surface area (Å²) < 4.78 is 0. The van der Waals surface area contributed by atoms with Crippen LogP contribution in [-0.4, -0.2) is 74.5 Å². The Kier molecular flexibility index (Phi) is 13.8. The second-order valence-corrected chi connectivity index (χ2v) is 25.4. The van der Waals surface area contributed by atoms with E-state index in [0.717, 1.165) is 77.0 Å². The minimum atomic E-state index is -0.724. The summed E-state index contributed by atoms with van der Waals surface area (Å²) in [5, 5.41) is 49.6. The SMILES string of the molecule is CC(CCC(C)NC1C[C@H]2[C@@H](C(=O)C[C@@H]3C[C@H](O)CC[C@@]32C)[C@@H]2CC[C@H]([C@H](C)CCC(=O)O)[C@@]12C)NC1C[C@@H]2[C@H](CC[C@]3(C)[C@@H]([C@H](C)CCC(=O)O)CC[C@@H]23)[C@@]2(C)CC[C@@H](O)C[C@@H]12. The van der Waals surface area contributed by atoms with E-state index in [4.69, 9.17) is 0 Å². The van der Waals surface area contributed by atoms with E-state index in [-0.39, 0.29) is 76.5 Å². The van der Waals surface area contributed by atoms with Gasteiger partial charge in [0.2, 0.25) is 0 Å². The van der Waals surface area contributed by atoms with Crippen molar-refractivity contribution >= 4 is 17.7 Å². The molecule has 6 N–H and O–H groups in total. The van der Waals surface area contributed by atoms with Gasteiger partial charge >= 0.3 is 11.9 Å². The lowest BCUT2D eigenvalue weighted by molar-refractivity contribution is -0.165. The molecule has 0 aromatic heterocycles. The van der Waals surface area contributed by atoms with E-state index in [2.05, 4.69) is 66.0 Å². The molecule has 22 atom stereocenters. The second kappa shape index (κ2) is 18.2. The van der Waals surface area contributed by atoms with Crippen molar-refractivity contribution in [3.8, 4) is 0 Å². The number of fused-ring (bicyclic) bond motifs is 10. The molecular weight excluding hydrogens is 789 g/mol. The van der Waals surface area contributed by atoms with Gasteiger partial charge in [-0.15, -0.1) is 0 Å². The molecule has 8 saturated carbocycles. The number of carbonyl (C=O) groups is 3. The van der Waals surface area contributed by atoms with Gasteiger partial charge in [0, 0.05) is 49.3 Å². The van der Waals surface area contributed by atoms with Crippen LogP contribution >= 0.6 is 0 Å². The second-order valence-electron chi connectivity index (χ2n) is 25.4. The first-order valence-corrected chi connectivity index (χ1v) is 26.5. The molecule has 0 saturated heterocycles. The topological polar surface area (TPSA) is 156 Å². The molecule has 4 unspecified atom stereocenters. The van der Waals surface area contributed by atoms with E-state index < -0.39 is 11.9 Å². The van der Waals surface area contributed by atoms with E-state index in [1.807, 2.05) is 0 Å². The number of nitrogens with one attached hydrogen (secondary N) is 2. The van der Waals surface area contributed by atoms with Crippen LogP contribution in [-0.2, 0) is 14.4 Å². The molecule has 0 aliphatic heterocycles. The van der Waals surface area contributed by atoms with Crippen LogP contribution in [0, 0.1) is 92.7 Å². The van der Waals surface area contributed by atoms with Crippen molar-refractivity contribution in [3.63, 3.8) is 0 Å². The minimum absolute atomic E-state index is 0.0573. The lowest BCUT2D eigenvalue weighted by Crippen LogP contribution is -2.65. The average molecular weight is 879 g/mol. The molecule has 8 aliphatic carbocycles. The summed E-state index contributed by atoms with van der Waals surface area (Å²) >= 11 is 0. The van der Waals surface area contributed by atoms with Gasteiger partial charge in [-0.05, 0) is 216 Å².